The molecule has 1 aliphatic rings. The Labute approximate surface area is 152 Å². The third-order valence-electron chi connectivity index (χ3n) is 4.16. The molecule has 0 saturated carbocycles. The number of hydrogen-bond donors (Lipinski definition) is 1. The van der Waals surface area contributed by atoms with Gasteiger partial charge in [0, 0.05) is 11.3 Å². The summed E-state index contributed by atoms with van der Waals surface area (Å²) in [5.74, 6) is 1.24. The molecular weight excluding hydrogens is 334 g/mol. The Morgan fingerprint density at radius 1 is 1.08 bits per heavy atom. The summed E-state index contributed by atoms with van der Waals surface area (Å²) in [5, 5.41) is 2.80. The molecule has 26 heavy (non-hydrogen) atoms. The van der Waals surface area contributed by atoms with Gasteiger partial charge in [-0.1, -0.05) is 0 Å². The number of methoxy groups -OCH3 is 2. The van der Waals surface area contributed by atoms with Crippen LogP contribution in [0.4, 0.5) is 5.69 Å². The molecule has 0 aromatic heterocycles. The van der Waals surface area contributed by atoms with Crippen LogP contribution in [0.1, 0.15) is 41.0 Å². The monoisotopic (exact) mass is 355 g/mol. The van der Waals surface area contributed by atoms with Crippen molar-refractivity contribution in [2.45, 2.75) is 25.9 Å². The summed E-state index contributed by atoms with van der Waals surface area (Å²) in [5.41, 5.74) is 0.910. The van der Waals surface area contributed by atoms with Gasteiger partial charge in [-0.25, -0.2) is 0 Å². The average Bonchev–Trinajstić information content (AvgIpc) is 2.60. The maximum Gasteiger partial charge on any atom is 0.255 e. The predicted molar refractivity (Wildman–Crippen MR) is 97.6 cm³/mol. The van der Waals surface area contributed by atoms with Crippen molar-refractivity contribution in [2.24, 2.45) is 0 Å². The number of Topliss-reactive ketones (excluding diaryl/α,β-unsaturated/α-hetero) is 1. The van der Waals surface area contributed by atoms with Crippen molar-refractivity contribution < 1.29 is 23.8 Å². The van der Waals surface area contributed by atoms with Gasteiger partial charge < -0.3 is 19.5 Å². The van der Waals surface area contributed by atoms with E-state index in [1.54, 1.807) is 36.4 Å². The molecule has 0 unspecified atom stereocenters. The highest BCUT2D eigenvalue weighted by atomic mass is 16.5. The number of ketones is 1. The topological polar surface area (TPSA) is 73.9 Å². The number of nitrogens with one attached hydrogen (secondary N) is 1. The van der Waals surface area contributed by atoms with Gasteiger partial charge >= 0.3 is 0 Å². The summed E-state index contributed by atoms with van der Waals surface area (Å²) in [6.07, 6.45) is 0.299. The van der Waals surface area contributed by atoms with Crippen LogP contribution in [0, 0.1) is 0 Å². The van der Waals surface area contributed by atoms with Crippen molar-refractivity contribution in [1.82, 2.24) is 0 Å². The quantitative estimate of drug-likeness (QED) is 0.905. The van der Waals surface area contributed by atoms with Gasteiger partial charge in [-0.3, -0.25) is 9.59 Å². The van der Waals surface area contributed by atoms with E-state index in [0.29, 0.717) is 40.5 Å². The number of rotatable bonds is 4. The van der Waals surface area contributed by atoms with Crippen LogP contribution >= 0.6 is 0 Å². The molecule has 6 heteroatoms. The summed E-state index contributed by atoms with van der Waals surface area (Å²) in [7, 11) is 3.04. The van der Waals surface area contributed by atoms with Crippen molar-refractivity contribution in [1.29, 1.82) is 0 Å². The number of fused-ring (bicyclic) bond motifs is 1. The maximum atomic E-state index is 12.5. The van der Waals surface area contributed by atoms with E-state index in [-0.39, 0.29) is 11.7 Å². The van der Waals surface area contributed by atoms with Crippen molar-refractivity contribution in [3.05, 3.63) is 47.5 Å². The average molecular weight is 355 g/mol. The molecule has 1 N–H and O–H groups in total. The van der Waals surface area contributed by atoms with E-state index in [1.807, 2.05) is 13.8 Å². The normalized spacial score (nSPS) is 14.8. The summed E-state index contributed by atoms with van der Waals surface area (Å²) in [6.45, 7) is 3.75. The van der Waals surface area contributed by atoms with Crippen LogP contribution in [0.25, 0.3) is 0 Å². The van der Waals surface area contributed by atoms with E-state index in [4.69, 9.17) is 14.2 Å². The SMILES string of the molecule is COc1ccc(C(=O)Nc2ccc3c(c2)C(=O)CC(C)(C)O3)cc1OC. The third kappa shape index (κ3) is 3.49. The van der Waals surface area contributed by atoms with E-state index in [1.165, 1.54) is 14.2 Å². The number of amides is 1. The fourth-order valence-electron chi connectivity index (χ4n) is 2.91. The fourth-order valence-corrected chi connectivity index (χ4v) is 2.91. The second-order valence-electron chi connectivity index (χ2n) is 6.70. The molecule has 1 heterocycles. The molecule has 2 aromatic carbocycles. The molecule has 3 rings (SSSR count). The Kier molecular flexibility index (Phi) is 4.59. The Morgan fingerprint density at radius 3 is 2.50 bits per heavy atom. The highest BCUT2D eigenvalue weighted by Gasteiger charge is 2.32. The van der Waals surface area contributed by atoms with Gasteiger partial charge in [0.2, 0.25) is 0 Å². The molecule has 0 bridgehead atoms. The van der Waals surface area contributed by atoms with Crippen molar-refractivity contribution >= 4 is 17.4 Å². The Bertz CT molecular complexity index is 873. The molecule has 0 saturated heterocycles. The molecule has 2 aromatic rings. The first-order chi connectivity index (χ1) is 12.3. The number of hydrogen-bond acceptors (Lipinski definition) is 5. The van der Waals surface area contributed by atoms with Gasteiger partial charge in [0.15, 0.2) is 17.3 Å². The lowest BCUT2D eigenvalue weighted by Gasteiger charge is -2.31. The fraction of sp³-hybridized carbons (Fsp3) is 0.300. The zero-order valence-electron chi connectivity index (χ0n) is 15.2. The van der Waals surface area contributed by atoms with Gasteiger partial charge in [-0.15, -0.1) is 0 Å². The maximum absolute atomic E-state index is 12.5. The lowest BCUT2D eigenvalue weighted by atomic mass is 9.93. The van der Waals surface area contributed by atoms with Gasteiger partial charge in [-0.2, -0.15) is 0 Å². The molecule has 136 valence electrons. The van der Waals surface area contributed by atoms with E-state index < -0.39 is 5.60 Å². The van der Waals surface area contributed by atoms with Crippen LogP contribution in [0.3, 0.4) is 0 Å². The van der Waals surface area contributed by atoms with E-state index in [9.17, 15) is 9.59 Å². The Hall–Kier alpha value is -3.02. The smallest absolute Gasteiger partial charge is 0.255 e. The van der Waals surface area contributed by atoms with Crippen LogP contribution in [0.15, 0.2) is 36.4 Å². The second-order valence-corrected chi connectivity index (χ2v) is 6.70. The van der Waals surface area contributed by atoms with Crippen LogP contribution in [0.5, 0.6) is 17.2 Å². The molecule has 1 aliphatic heterocycles. The third-order valence-corrected chi connectivity index (χ3v) is 4.16. The van der Waals surface area contributed by atoms with Crippen molar-refractivity contribution in [3.8, 4) is 17.2 Å². The minimum atomic E-state index is -0.519. The largest absolute Gasteiger partial charge is 0.493 e. The standard InChI is InChI=1S/C20H21NO5/c1-20(2)11-15(22)14-10-13(6-8-16(14)26-20)21-19(23)12-5-7-17(24-3)18(9-12)25-4/h5-10H,11H2,1-4H3,(H,21,23). The lowest BCUT2D eigenvalue weighted by Crippen LogP contribution is -2.35. The van der Waals surface area contributed by atoms with E-state index >= 15 is 0 Å². The molecule has 0 spiro atoms. The molecule has 0 fully saturated rings. The van der Waals surface area contributed by atoms with Crippen LogP contribution in [0.2, 0.25) is 0 Å². The van der Waals surface area contributed by atoms with Gasteiger partial charge in [0.25, 0.3) is 5.91 Å². The molecule has 1 amide bonds. The second kappa shape index (κ2) is 6.71. The summed E-state index contributed by atoms with van der Waals surface area (Å²) >= 11 is 0. The van der Waals surface area contributed by atoms with Gasteiger partial charge in [0.1, 0.15) is 11.4 Å². The first-order valence-electron chi connectivity index (χ1n) is 8.22. The Balaban J connectivity index is 1.83. The number of carbonyl (C=O) groups is 2. The molecule has 6 nitrogen and oxygen atoms in total. The summed E-state index contributed by atoms with van der Waals surface area (Å²) in [4.78, 5) is 24.9. The molecule has 0 radical (unpaired) electrons. The number of anilines is 1. The molecule has 0 atom stereocenters. The van der Waals surface area contributed by atoms with Gasteiger partial charge in [-0.05, 0) is 50.2 Å². The highest BCUT2D eigenvalue weighted by molar-refractivity contribution is 6.06. The summed E-state index contributed by atoms with van der Waals surface area (Å²) in [6, 6.07) is 9.98. The van der Waals surface area contributed by atoms with Crippen LogP contribution in [-0.4, -0.2) is 31.5 Å². The van der Waals surface area contributed by atoms with E-state index in [0.717, 1.165) is 0 Å². The minimum Gasteiger partial charge on any atom is -0.493 e. The van der Waals surface area contributed by atoms with Gasteiger partial charge in [0.05, 0.1) is 26.2 Å². The molecular formula is C20H21NO5. The summed E-state index contributed by atoms with van der Waals surface area (Å²) < 4.78 is 16.2. The zero-order valence-corrected chi connectivity index (χ0v) is 15.2. The van der Waals surface area contributed by atoms with Crippen molar-refractivity contribution in [3.63, 3.8) is 0 Å². The first kappa shape index (κ1) is 17.8. The minimum absolute atomic E-state index is 0.00142. The van der Waals surface area contributed by atoms with E-state index in [2.05, 4.69) is 5.32 Å². The number of ether oxygens (including phenoxy) is 3. The van der Waals surface area contributed by atoms with Crippen molar-refractivity contribution in [2.75, 3.05) is 19.5 Å². The number of benzene rings is 2. The predicted octanol–water partition coefficient (Wildman–Crippen LogP) is 3.70. The zero-order chi connectivity index (χ0) is 18.9. The van der Waals surface area contributed by atoms with Crippen LogP contribution < -0.4 is 19.5 Å². The van der Waals surface area contributed by atoms with Crippen LogP contribution in [-0.2, 0) is 0 Å². The molecule has 0 aliphatic carbocycles. The number of carbonyl (C=O) groups excluding carboxylic acids is 2. The first-order valence-corrected chi connectivity index (χ1v) is 8.22. The highest BCUT2D eigenvalue weighted by Crippen LogP contribution is 2.35. The Morgan fingerprint density at radius 2 is 1.81 bits per heavy atom. The lowest BCUT2D eigenvalue weighted by molar-refractivity contribution is 0.0620.